The number of fused-ring (bicyclic) bond motifs is 2. The second kappa shape index (κ2) is 9.43. The van der Waals surface area contributed by atoms with Gasteiger partial charge in [-0.25, -0.2) is 13.5 Å². The lowest BCUT2D eigenvalue weighted by molar-refractivity contribution is -0.144. The summed E-state index contributed by atoms with van der Waals surface area (Å²) in [6.07, 6.45) is 3.86. The van der Waals surface area contributed by atoms with Crippen LogP contribution in [-0.2, 0) is 4.79 Å². The Hall–Kier alpha value is -4.48. The summed E-state index contributed by atoms with van der Waals surface area (Å²) in [6, 6.07) is 8.63. The highest BCUT2D eigenvalue weighted by Crippen LogP contribution is 2.30. The number of carbonyl (C=O) groups excluding carboxylic acids is 1. The largest absolute Gasteiger partial charge is 0.484 e. The number of ether oxygens (including phenoxy) is 1. The number of aryl methyl sites for hydroxylation is 1. The first-order valence-electron chi connectivity index (χ1n) is 11.6. The highest BCUT2D eigenvalue weighted by Gasteiger charge is 2.35. The van der Waals surface area contributed by atoms with Gasteiger partial charge in [0.1, 0.15) is 29.8 Å². The maximum atomic E-state index is 14.0. The summed E-state index contributed by atoms with van der Waals surface area (Å²) in [5.74, 6) is -6.64. The molecule has 0 saturated carbocycles. The monoisotopic (exact) mass is 526 g/mol. The number of halogens is 4. The Morgan fingerprint density at radius 3 is 2.55 bits per heavy atom. The number of hydrogen-bond donors (Lipinski definition) is 1. The van der Waals surface area contributed by atoms with Crippen LogP contribution in [0.1, 0.15) is 31.1 Å². The van der Waals surface area contributed by atoms with Gasteiger partial charge < -0.3 is 10.1 Å². The number of aromatic nitrogens is 5. The average molecular weight is 526 g/mol. The zero-order valence-electron chi connectivity index (χ0n) is 20.5. The third-order valence-electron chi connectivity index (χ3n) is 6.03. The SMILES string of the molecule is Cc1cc(-n2ncc3cc(O[C@H](c4cc(F)cc(F)c4)[C@H](C)NC(=O)C(C)(F)F)ccc32)cn2cnnc12. The van der Waals surface area contributed by atoms with Gasteiger partial charge >= 0.3 is 5.92 Å². The third kappa shape index (κ3) is 4.89. The molecular weight excluding hydrogens is 504 g/mol. The molecule has 1 amide bonds. The van der Waals surface area contributed by atoms with Gasteiger partial charge in [0.25, 0.3) is 5.91 Å². The van der Waals surface area contributed by atoms with E-state index >= 15 is 0 Å². The molecule has 0 radical (unpaired) electrons. The number of benzene rings is 2. The number of alkyl halides is 2. The molecule has 0 saturated heterocycles. The topological polar surface area (TPSA) is 86.3 Å². The van der Waals surface area contributed by atoms with E-state index in [0.717, 1.165) is 34.5 Å². The van der Waals surface area contributed by atoms with Gasteiger partial charge in [-0.05, 0) is 55.8 Å². The van der Waals surface area contributed by atoms with Gasteiger partial charge in [0.15, 0.2) is 5.65 Å². The van der Waals surface area contributed by atoms with Gasteiger partial charge in [0, 0.05) is 30.1 Å². The van der Waals surface area contributed by atoms with Crippen molar-refractivity contribution in [3.05, 3.63) is 83.9 Å². The molecule has 196 valence electrons. The first kappa shape index (κ1) is 25.2. The van der Waals surface area contributed by atoms with Crippen LogP contribution in [0, 0.1) is 18.6 Å². The number of nitrogens with one attached hydrogen (secondary N) is 1. The summed E-state index contributed by atoms with van der Waals surface area (Å²) in [4.78, 5) is 11.9. The Bertz CT molecular complexity index is 1640. The quantitative estimate of drug-likeness (QED) is 0.304. The molecule has 3 heterocycles. The zero-order valence-corrected chi connectivity index (χ0v) is 20.5. The normalized spacial score (nSPS) is 13.6. The first-order valence-corrected chi connectivity index (χ1v) is 11.6. The van der Waals surface area contributed by atoms with Crippen LogP contribution in [0.25, 0.3) is 22.2 Å². The van der Waals surface area contributed by atoms with E-state index in [1.54, 1.807) is 39.8 Å². The summed E-state index contributed by atoms with van der Waals surface area (Å²) < 4.78 is 64.6. The van der Waals surface area contributed by atoms with E-state index in [9.17, 15) is 22.4 Å². The molecule has 8 nitrogen and oxygen atoms in total. The van der Waals surface area contributed by atoms with Crippen LogP contribution in [0.15, 0.2) is 61.2 Å². The fourth-order valence-electron chi connectivity index (χ4n) is 4.25. The van der Waals surface area contributed by atoms with Crippen molar-refractivity contribution in [2.75, 3.05) is 0 Å². The van der Waals surface area contributed by atoms with Crippen LogP contribution in [0.3, 0.4) is 0 Å². The highest BCUT2D eigenvalue weighted by molar-refractivity contribution is 5.83. The standard InChI is InChI=1S/C26H22F4N6O2/c1-14-6-20(12-35-13-31-34-24(14)35)36-22-5-4-21(9-17(22)11-32-36)38-23(15(2)33-25(37)26(3,29)30)16-7-18(27)10-19(28)8-16/h4-13,15,23H,1-3H3,(H,33,37)/t15-,23-/m0/s1. The lowest BCUT2D eigenvalue weighted by Crippen LogP contribution is -2.46. The van der Waals surface area contributed by atoms with Crippen LogP contribution in [0.4, 0.5) is 17.6 Å². The van der Waals surface area contributed by atoms with E-state index in [-0.39, 0.29) is 11.3 Å². The minimum Gasteiger partial charge on any atom is -0.484 e. The number of hydrogen-bond acceptors (Lipinski definition) is 5. The van der Waals surface area contributed by atoms with Crippen molar-refractivity contribution < 1.29 is 27.1 Å². The van der Waals surface area contributed by atoms with Crippen molar-refractivity contribution in [3.63, 3.8) is 0 Å². The lowest BCUT2D eigenvalue weighted by Gasteiger charge is -2.27. The third-order valence-corrected chi connectivity index (χ3v) is 6.03. The fourth-order valence-corrected chi connectivity index (χ4v) is 4.25. The molecule has 0 fully saturated rings. The van der Waals surface area contributed by atoms with Gasteiger partial charge in [0.2, 0.25) is 0 Å². The van der Waals surface area contributed by atoms with E-state index in [4.69, 9.17) is 4.74 Å². The molecule has 2 atom stereocenters. The highest BCUT2D eigenvalue weighted by atomic mass is 19.3. The molecule has 12 heteroatoms. The molecule has 3 aromatic heterocycles. The zero-order chi connectivity index (χ0) is 27.2. The predicted molar refractivity (Wildman–Crippen MR) is 130 cm³/mol. The van der Waals surface area contributed by atoms with Crippen LogP contribution in [0.2, 0.25) is 0 Å². The summed E-state index contributed by atoms with van der Waals surface area (Å²) in [5.41, 5.74) is 3.17. The van der Waals surface area contributed by atoms with E-state index in [1.165, 1.54) is 6.92 Å². The predicted octanol–water partition coefficient (Wildman–Crippen LogP) is 4.93. The number of amides is 1. The smallest absolute Gasteiger partial charge is 0.321 e. The molecule has 0 spiro atoms. The lowest BCUT2D eigenvalue weighted by atomic mass is 10.0. The molecule has 0 unspecified atom stereocenters. The van der Waals surface area contributed by atoms with Crippen molar-refractivity contribution in [2.24, 2.45) is 0 Å². The molecule has 0 aliphatic rings. The second-order valence-electron chi connectivity index (χ2n) is 9.11. The Morgan fingerprint density at radius 1 is 1.11 bits per heavy atom. The maximum Gasteiger partial charge on any atom is 0.321 e. The van der Waals surface area contributed by atoms with Crippen LogP contribution >= 0.6 is 0 Å². The number of carbonyl (C=O) groups is 1. The molecule has 2 aromatic carbocycles. The first-order chi connectivity index (χ1) is 18.0. The maximum absolute atomic E-state index is 14.0. The van der Waals surface area contributed by atoms with Crippen LogP contribution < -0.4 is 10.1 Å². The van der Waals surface area contributed by atoms with Gasteiger partial charge in [-0.15, -0.1) is 10.2 Å². The molecular formula is C26H22F4N6O2. The Morgan fingerprint density at radius 2 is 1.84 bits per heavy atom. The minimum atomic E-state index is -3.65. The average Bonchev–Trinajstić information content (AvgIpc) is 3.48. The van der Waals surface area contributed by atoms with Crippen molar-refractivity contribution >= 4 is 22.5 Å². The van der Waals surface area contributed by atoms with E-state index in [1.807, 2.05) is 19.2 Å². The summed E-state index contributed by atoms with van der Waals surface area (Å²) in [5, 5.41) is 15.3. The molecule has 5 rings (SSSR count). The minimum absolute atomic E-state index is 0.0308. The van der Waals surface area contributed by atoms with Crippen LogP contribution in [-0.4, -0.2) is 42.3 Å². The van der Waals surface area contributed by atoms with Crippen LogP contribution in [0.5, 0.6) is 5.75 Å². The molecule has 0 aliphatic heterocycles. The van der Waals surface area contributed by atoms with Gasteiger partial charge in [-0.3, -0.25) is 9.20 Å². The number of nitrogens with zero attached hydrogens (tertiary/aromatic N) is 5. The summed E-state index contributed by atoms with van der Waals surface area (Å²) >= 11 is 0. The second-order valence-corrected chi connectivity index (χ2v) is 9.11. The Balaban J connectivity index is 1.49. The van der Waals surface area contributed by atoms with Crippen molar-refractivity contribution in [3.8, 4) is 11.4 Å². The van der Waals surface area contributed by atoms with E-state index < -0.39 is 35.6 Å². The van der Waals surface area contributed by atoms with Gasteiger partial charge in [0.05, 0.1) is 23.4 Å². The number of pyridine rings is 1. The van der Waals surface area contributed by atoms with E-state index in [0.29, 0.717) is 18.4 Å². The Labute approximate surface area is 213 Å². The number of rotatable bonds is 7. The fraction of sp³-hybridized carbons (Fsp3) is 0.231. The Kier molecular flexibility index (Phi) is 6.25. The molecule has 0 aliphatic carbocycles. The molecule has 0 bridgehead atoms. The molecule has 1 N–H and O–H groups in total. The van der Waals surface area contributed by atoms with E-state index in [2.05, 4.69) is 20.6 Å². The van der Waals surface area contributed by atoms with Crippen molar-refractivity contribution in [1.82, 2.24) is 29.7 Å². The van der Waals surface area contributed by atoms with Crippen molar-refractivity contribution in [1.29, 1.82) is 0 Å². The molecule has 38 heavy (non-hydrogen) atoms. The van der Waals surface area contributed by atoms with Gasteiger partial charge in [-0.2, -0.15) is 13.9 Å². The summed E-state index contributed by atoms with van der Waals surface area (Å²) in [6.45, 7) is 3.78. The van der Waals surface area contributed by atoms with Gasteiger partial charge in [-0.1, -0.05) is 0 Å². The molecule has 5 aromatic rings. The summed E-state index contributed by atoms with van der Waals surface area (Å²) in [7, 11) is 0. The van der Waals surface area contributed by atoms with Crippen molar-refractivity contribution in [2.45, 2.75) is 38.8 Å².